The molecule has 9 N–H and O–H groups in total. The summed E-state index contributed by atoms with van der Waals surface area (Å²) in [6.07, 6.45) is 0.0426. The highest BCUT2D eigenvalue weighted by molar-refractivity contribution is 5.94. The third-order valence-electron chi connectivity index (χ3n) is 6.48. The fraction of sp³-hybridized carbons (Fsp3) is 0.267. The molecule has 0 radical (unpaired) electrons. The quantitative estimate of drug-likeness (QED) is 0.143. The molecule has 0 bridgehead atoms. The molecule has 0 saturated heterocycles. The molecule has 3 amide bonds. The zero-order valence-electron chi connectivity index (χ0n) is 22.9. The van der Waals surface area contributed by atoms with Crippen LogP contribution in [0, 0.1) is 0 Å². The van der Waals surface area contributed by atoms with Gasteiger partial charge >= 0.3 is 5.97 Å². The molecular weight excluding hydrogens is 544 g/mol. The predicted octanol–water partition coefficient (Wildman–Crippen LogP) is 0.718. The lowest BCUT2D eigenvalue weighted by atomic mass is 10.0. The number of hydrogen-bond donors (Lipinski definition) is 8. The van der Waals surface area contributed by atoms with E-state index in [-0.39, 0.29) is 36.5 Å². The third-order valence-corrected chi connectivity index (χ3v) is 6.48. The average Bonchev–Trinajstić information content (AvgIpc) is 2.95. The first-order chi connectivity index (χ1) is 19.9. The molecule has 42 heavy (non-hydrogen) atoms. The van der Waals surface area contributed by atoms with Crippen LogP contribution in [0.25, 0.3) is 0 Å². The minimum Gasteiger partial charge on any atom is -0.508 e. The second kappa shape index (κ2) is 14.5. The Bertz CT molecular complexity index is 1380. The van der Waals surface area contributed by atoms with Gasteiger partial charge in [0.05, 0.1) is 6.04 Å². The van der Waals surface area contributed by atoms with Crippen LogP contribution in [0.1, 0.15) is 23.6 Å². The van der Waals surface area contributed by atoms with Crippen molar-refractivity contribution in [3.05, 3.63) is 89.5 Å². The molecule has 0 aliphatic heterocycles. The SMILES string of the molecule is CC(NC(=O)C(N)Cc1ccc(O)cc1)C(=O)NC(Cc1ccc(O)cc1)C(=O)NC(Cc1ccc(O)cc1)C(=O)O. The smallest absolute Gasteiger partial charge is 0.326 e. The average molecular weight is 579 g/mol. The topological polar surface area (TPSA) is 211 Å². The van der Waals surface area contributed by atoms with Gasteiger partial charge in [-0.1, -0.05) is 36.4 Å². The van der Waals surface area contributed by atoms with Gasteiger partial charge in [-0.05, 0) is 66.4 Å². The van der Waals surface area contributed by atoms with Crippen LogP contribution in [0.3, 0.4) is 0 Å². The summed E-state index contributed by atoms with van der Waals surface area (Å²) in [5.74, 6) is -3.30. The summed E-state index contributed by atoms with van der Waals surface area (Å²) in [7, 11) is 0. The second-order valence-corrected chi connectivity index (χ2v) is 9.91. The van der Waals surface area contributed by atoms with Crippen molar-refractivity contribution in [2.45, 2.75) is 50.4 Å². The van der Waals surface area contributed by atoms with Gasteiger partial charge in [0.15, 0.2) is 0 Å². The summed E-state index contributed by atoms with van der Waals surface area (Å²) >= 11 is 0. The number of carbonyl (C=O) groups excluding carboxylic acids is 3. The van der Waals surface area contributed by atoms with Crippen LogP contribution in [0.5, 0.6) is 17.2 Å². The maximum Gasteiger partial charge on any atom is 0.326 e. The van der Waals surface area contributed by atoms with Gasteiger partial charge in [-0.25, -0.2) is 4.79 Å². The van der Waals surface area contributed by atoms with Crippen LogP contribution < -0.4 is 21.7 Å². The summed E-state index contributed by atoms with van der Waals surface area (Å²) in [6, 6.07) is 13.3. The lowest BCUT2D eigenvalue weighted by molar-refractivity contribution is -0.142. The number of phenolic OH excluding ortho intramolecular Hbond substituents is 3. The second-order valence-electron chi connectivity index (χ2n) is 9.91. The molecule has 3 rings (SSSR count). The molecule has 0 aliphatic carbocycles. The Balaban J connectivity index is 1.69. The number of nitrogens with one attached hydrogen (secondary N) is 3. The van der Waals surface area contributed by atoms with Gasteiger partial charge in [-0.15, -0.1) is 0 Å². The largest absolute Gasteiger partial charge is 0.508 e. The van der Waals surface area contributed by atoms with Gasteiger partial charge in [0.2, 0.25) is 17.7 Å². The van der Waals surface area contributed by atoms with Crippen molar-refractivity contribution in [3.8, 4) is 17.2 Å². The zero-order valence-corrected chi connectivity index (χ0v) is 22.9. The number of benzene rings is 3. The molecule has 4 unspecified atom stereocenters. The van der Waals surface area contributed by atoms with E-state index in [9.17, 15) is 39.6 Å². The van der Waals surface area contributed by atoms with Crippen LogP contribution in [0.15, 0.2) is 72.8 Å². The highest BCUT2D eigenvalue weighted by atomic mass is 16.4. The molecule has 12 heteroatoms. The predicted molar refractivity (Wildman–Crippen MR) is 153 cm³/mol. The summed E-state index contributed by atoms with van der Waals surface area (Å²) < 4.78 is 0. The minimum atomic E-state index is -1.34. The molecule has 0 saturated carbocycles. The van der Waals surface area contributed by atoms with Crippen molar-refractivity contribution >= 4 is 23.7 Å². The number of rotatable bonds is 13. The van der Waals surface area contributed by atoms with Crippen molar-refractivity contribution in [1.29, 1.82) is 0 Å². The van der Waals surface area contributed by atoms with E-state index >= 15 is 0 Å². The molecule has 4 atom stereocenters. The third kappa shape index (κ3) is 9.52. The molecule has 222 valence electrons. The normalized spacial score (nSPS) is 13.7. The maximum atomic E-state index is 13.3. The van der Waals surface area contributed by atoms with Gasteiger partial charge in [-0.3, -0.25) is 14.4 Å². The van der Waals surface area contributed by atoms with Gasteiger partial charge in [0.25, 0.3) is 0 Å². The number of phenols is 3. The van der Waals surface area contributed by atoms with Gasteiger partial charge < -0.3 is 42.1 Å². The van der Waals surface area contributed by atoms with E-state index in [0.29, 0.717) is 16.7 Å². The standard InChI is InChI=1S/C30H34N4O8/c1-17(32-28(39)24(31)14-18-2-8-21(35)9-3-18)27(38)33-25(15-19-4-10-22(36)11-5-19)29(40)34-26(30(41)42)16-20-6-12-23(37)13-7-20/h2-13,17,24-26,35-37H,14-16,31H2,1H3,(H,32,39)(H,33,38)(H,34,40)(H,41,42). The highest BCUT2D eigenvalue weighted by Crippen LogP contribution is 2.14. The Morgan fingerprint density at radius 2 is 0.976 bits per heavy atom. The number of amides is 3. The Morgan fingerprint density at radius 3 is 1.40 bits per heavy atom. The van der Waals surface area contributed by atoms with E-state index in [1.807, 2.05) is 0 Å². The Hall–Kier alpha value is -5.10. The van der Waals surface area contributed by atoms with Crippen molar-refractivity contribution < 1.29 is 39.6 Å². The molecule has 0 spiro atoms. The first-order valence-corrected chi connectivity index (χ1v) is 13.1. The van der Waals surface area contributed by atoms with E-state index in [0.717, 1.165) is 0 Å². The van der Waals surface area contributed by atoms with E-state index in [4.69, 9.17) is 5.73 Å². The molecule has 0 fully saturated rings. The first kappa shape index (κ1) is 31.4. The fourth-order valence-corrected chi connectivity index (χ4v) is 4.08. The van der Waals surface area contributed by atoms with Crippen LogP contribution in [0.4, 0.5) is 0 Å². The molecule has 12 nitrogen and oxygen atoms in total. The lowest BCUT2D eigenvalue weighted by Gasteiger charge is -2.24. The lowest BCUT2D eigenvalue weighted by Crippen LogP contribution is -2.57. The summed E-state index contributed by atoms with van der Waals surface area (Å²) in [5.41, 5.74) is 7.83. The molecule has 0 heterocycles. The zero-order chi connectivity index (χ0) is 30.8. The number of aliphatic carboxylic acids is 1. The van der Waals surface area contributed by atoms with E-state index in [2.05, 4.69) is 16.0 Å². The Morgan fingerprint density at radius 1 is 0.595 bits per heavy atom. The van der Waals surface area contributed by atoms with Crippen LogP contribution in [0.2, 0.25) is 0 Å². The van der Waals surface area contributed by atoms with Crippen molar-refractivity contribution in [1.82, 2.24) is 16.0 Å². The summed E-state index contributed by atoms with van der Waals surface area (Å²) in [5, 5.41) is 45.8. The molecule has 0 aromatic heterocycles. The Labute approximate surface area is 242 Å². The van der Waals surface area contributed by atoms with Gasteiger partial charge in [-0.2, -0.15) is 0 Å². The number of nitrogens with two attached hydrogens (primary N) is 1. The summed E-state index contributed by atoms with van der Waals surface area (Å²) in [6.45, 7) is 1.42. The minimum absolute atomic E-state index is 0.00334. The maximum absolute atomic E-state index is 13.3. The number of carboxylic acid groups (broad SMARTS) is 1. The van der Waals surface area contributed by atoms with Crippen molar-refractivity contribution in [2.24, 2.45) is 5.73 Å². The van der Waals surface area contributed by atoms with Gasteiger partial charge in [0, 0.05) is 12.8 Å². The van der Waals surface area contributed by atoms with Crippen LogP contribution in [-0.4, -0.2) is 68.3 Å². The number of aromatic hydroxyl groups is 3. The Kier molecular flexibility index (Phi) is 10.9. The molecular formula is C30H34N4O8. The van der Waals surface area contributed by atoms with Crippen LogP contribution in [-0.2, 0) is 38.4 Å². The number of hydrogen-bond acceptors (Lipinski definition) is 8. The van der Waals surface area contributed by atoms with Crippen molar-refractivity contribution in [2.75, 3.05) is 0 Å². The molecule has 3 aromatic carbocycles. The number of carboxylic acids is 1. The first-order valence-electron chi connectivity index (χ1n) is 13.1. The van der Waals surface area contributed by atoms with Crippen LogP contribution >= 0.6 is 0 Å². The summed E-state index contributed by atoms with van der Waals surface area (Å²) in [4.78, 5) is 50.9. The number of carbonyl (C=O) groups is 4. The highest BCUT2D eigenvalue weighted by Gasteiger charge is 2.29. The molecule has 3 aromatic rings. The monoisotopic (exact) mass is 578 g/mol. The van der Waals surface area contributed by atoms with Crippen molar-refractivity contribution in [3.63, 3.8) is 0 Å². The molecule has 0 aliphatic rings. The van der Waals surface area contributed by atoms with E-state index < -0.39 is 47.9 Å². The fourth-order valence-electron chi connectivity index (χ4n) is 4.08. The van der Waals surface area contributed by atoms with E-state index in [1.54, 1.807) is 24.3 Å². The van der Waals surface area contributed by atoms with Gasteiger partial charge in [0.1, 0.15) is 35.4 Å². The van der Waals surface area contributed by atoms with E-state index in [1.165, 1.54) is 55.5 Å².